The van der Waals surface area contributed by atoms with Crippen molar-refractivity contribution in [1.82, 2.24) is 0 Å². The highest BCUT2D eigenvalue weighted by Crippen LogP contribution is 2.41. The van der Waals surface area contributed by atoms with Crippen LogP contribution < -0.4 is 9.80 Å². The number of Topliss-reactive ketones (excluding diaryl/α,β-unsaturated/α-hetero) is 1. The van der Waals surface area contributed by atoms with Crippen LogP contribution in [0.25, 0.3) is 0 Å². The lowest BCUT2D eigenvalue weighted by Gasteiger charge is -2.22. The molecule has 1 aliphatic heterocycles. The molecule has 3 heteroatoms. The molecule has 0 saturated heterocycles. The summed E-state index contributed by atoms with van der Waals surface area (Å²) in [5.74, 6) is 1.24. The summed E-state index contributed by atoms with van der Waals surface area (Å²) in [6, 6.07) is 8.31. The van der Waals surface area contributed by atoms with E-state index in [9.17, 15) is 4.79 Å². The van der Waals surface area contributed by atoms with Gasteiger partial charge in [0.25, 0.3) is 0 Å². The van der Waals surface area contributed by atoms with E-state index >= 15 is 0 Å². The van der Waals surface area contributed by atoms with Gasteiger partial charge in [0.05, 0.1) is 11.4 Å². The van der Waals surface area contributed by atoms with E-state index < -0.39 is 0 Å². The van der Waals surface area contributed by atoms with Gasteiger partial charge in [-0.3, -0.25) is 4.79 Å². The molecule has 2 aliphatic rings. The highest BCUT2D eigenvalue weighted by atomic mass is 16.1. The molecule has 0 amide bonds. The summed E-state index contributed by atoms with van der Waals surface area (Å²) in [6.45, 7) is 3.75. The molecule has 0 bridgehead atoms. The second-order valence-corrected chi connectivity index (χ2v) is 5.37. The molecule has 20 heavy (non-hydrogen) atoms. The smallest absolute Gasteiger partial charge is 0.184 e. The van der Waals surface area contributed by atoms with Gasteiger partial charge in [0.15, 0.2) is 5.78 Å². The summed E-state index contributed by atoms with van der Waals surface area (Å²) >= 11 is 0. The Bertz CT molecular complexity index is 640. The van der Waals surface area contributed by atoms with Crippen molar-refractivity contribution in [2.24, 2.45) is 0 Å². The average Bonchev–Trinajstić information content (AvgIpc) is 2.68. The largest absolute Gasteiger partial charge is 0.329 e. The molecular weight excluding hydrogens is 248 g/mol. The summed E-state index contributed by atoms with van der Waals surface area (Å²) in [7, 11) is 4.13. The van der Waals surface area contributed by atoms with Crippen molar-refractivity contribution >= 4 is 17.2 Å². The molecule has 0 spiro atoms. The fourth-order valence-electron chi connectivity index (χ4n) is 2.95. The van der Waals surface area contributed by atoms with Crippen molar-refractivity contribution in [2.75, 3.05) is 23.9 Å². The van der Waals surface area contributed by atoms with Crippen LogP contribution in [0.3, 0.4) is 0 Å². The first-order valence-electron chi connectivity index (χ1n) is 6.73. The van der Waals surface area contributed by atoms with Crippen LogP contribution in [0.2, 0.25) is 0 Å². The van der Waals surface area contributed by atoms with Gasteiger partial charge in [-0.15, -0.1) is 0 Å². The predicted octanol–water partition coefficient (Wildman–Crippen LogP) is 3.26. The van der Waals surface area contributed by atoms with Crippen LogP contribution in [-0.4, -0.2) is 19.9 Å². The Balaban J connectivity index is 2.17. The minimum absolute atomic E-state index is 0.134. The Morgan fingerprint density at radius 3 is 1.75 bits per heavy atom. The van der Waals surface area contributed by atoms with Crippen LogP contribution in [-0.2, 0) is 4.79 Å². The summed E-state index contributed by atoms with van der Waals surface area (Å²) < 4.78 is 0. The van der Waals surface area contributed by atoms with Crippen molar-refractivity contribution in [3.63, 3.8) is 0 Å². The Labute approximate surface area is 119 Å². The molecule has 0 radical (unpaired) electrons. The van der Waals surface area contributed by atoms with E-state index in [1.807, 2.05) is 38.1 Å². The monoisotopic (exact) mass is 266 g/mol. The second-order valence-electron chi connectivity index (χ2n) is 5.37. The summed E-state index contributed by atoms with van der Waals surface area (Å²) in [4.78, 5) is 16.2. The van der Waals surface area contributed by atoms with Gasteiger partial charge >= 0.3 is 0 Å². The van der Waals surface area contributed by atoms with Gasteiger partial charge in [-0.1, -0.05) is 12.1 Å². The second kappa shape index (κ2) is 4.37. The normalized spacial score (nSPS) is 18.3. The topological polar surface area (TPSA) is 23.6 Å². The lowest BCUT2D eigenvalue weighted by molar-refractivity contribution is -0.112. The van der Waals surface area contributed by atoms with Crippen molar-refractivity contribution < 1.29 is 4.79 Å². The maximum absolute atomic E-state index is 11.9. The van der Waals surface area contributed by atoms with E-state index in [1.165, 1.54) is 11.4 Å². The van der Waals surface area contributed by atoms with Crippen molar-refractivity contribution in [1.29, 1.82) is 0 Å². The fourth-order valence-corrected chi connectivity index (χ4v) is 2.95. The van der Waals surface area contributed by atoms with E-state index in [2.05, 4.69) is 36.0 Å². The summed E-state index contributed by atoms with van der Waals surface area (Å²) in [5, 5.41) is 0. The van der Waals surface area contributed by atoms with E-state index in [-0.39, 0.29) is 5.78 Å². The first-order chi connectivity index (χ1) is 9.50. The third kappa shape index (κ3) is 1.70. The van der Waals surface area contributed by atoms with E-state index in [0.717, 1.165) is 22.5 Å². The van der Waals surface area contributed by atoms with Gasteiger partial charge in [0, 0.05) is 19.7 Å². The highest BCUT2D eigenvalue weighted by molar-refractivity contribution is 6.09. The number of fused-ring (bicyclic) bond motifs is 1. The molecule has 0 unspecified atom stereocenters. The lowest BCUT2D eigenvalue weighted by atomic mass is 9.95. The van der Waals surface area contributed by atoms with Gasteiger partial charge in [0.1, 0.15) is 5.82 Å². The first kappa shape index (κ1) is 12.7. The minimum Gasteiger partial charge on any atom is -0.329 e. The molecule has 3 nitrogen and oxygen atoms in total. The van der Waals surface area contributed by atoms with Gasteiger partial charge in [-0.2, -0.15) is 0 Å². The van der Waals surface area contributed by atoms with Gasteiger partial charge in [-0.05, 0) is 49.3 Å². The maximum atomic E-state index is 11.9. The zero-order chi connectivity index (χ0) is 14.4. The molecular formula is C17H18N2O. The number of allylic oxidation sites excluding steroid dienone is 5. The van der Waals surface area contributed by atoms with E-state index in [1.54, 1.807) is 0 Å². The standard InChI is InChI=1S/C17H18N2O/c1-11-9-13(10-12(2)16(11)20)17-18(3)14-7-5-6-8-15(14)19(17)4/h5-10H,1-4H3. The average molecular weight is 266 g/mol. The van der Waals surface area contributed by atoms with E-state index in [4.69, 9.17) is 0 Å². The number of carbonyl (C=O) groups is 1. The fraction of sp³-hybridized carbons (Fsp3) is 0.235. The quantitative estimate of drug-likeness (QED) is 0.720. The van der Waals surface area contributed by atoms with Gasteiger partial charge in [0.2, 0.25) is 0 Å². The number of hydrogen-bond donors (Lipinski definition) is 0. The number of carbonyl (C=O) groups excluding carboxylic acids is 1. The maximum Gasteiger partial charge on any atom is 0.184 e. The number of anilines is 2. The zero-order valence-electron chi connectivity index (χ0n) is 12.3. The van der Waals surface area contributed by atoms with Crippen LogP contribution in [0.1, 0.15) is 13.8 Å². The molecule has 1 heterocycles. The molecule has 0 saturated carbocycles. The molecule has 3 rings (SSSR count). The molecule has 1 aromatic rings. The van der Waals surface area contributed by atoms with Crippen LogP contribution in [0.5, 0.6) is 0 Å². The Hall–Kier alpha value is -2.29. The molecule has 1 aliphatic carbocycles. The SMILES string of the molecule is CC1=CC(=C2N(C)c3ccccc3N2C)C=C(C)C1=O. The first-order valence-corrected chi connectivity index (χ1v) is 6.73. The number of para-hydroxylation sites is 2. The van der Waals surface area contributed by atoms with Crippen molar-refractivity contribution in [3.8, 4) is 0 Å². The van der Waals surface area contributed by atoms with Crippen LogP contribution in [0.4, 0.5) is 11.4 Å². The number of hydrogen-bond acceptors (Lipinski definition) is 3. The van der Waals surface area contributed by atoms with Crippen LogP contribution >= 0.6 is 0 Å². The van der Waals surface area contributed by atoms with Crippen LogP contribution in [0, 0.1) is 0 Å². The predicted molar refractivity (Wildman–Crippen MR) is 82.8 cm³/mol. The van der Waals surface area contributed by atoms with Crippen molar-refractivity contribution in [2.45, 2.75) is 13.8 Å². The minimum atomic E-state index is 0.134. The third-order valence-electron chi connectivity index (χ3n) is 3.96. The molecule has 0 aromatic heterocycles. The zero-order valence-corrected chi connectivity index (χ0v) is 12.3. The van der Waals surface area contributed by atoms with Crippen LogP contribution in [0.15, 0.2) is 59.0 Å². The number of nitrogens with zero attached hydrogens (tertiary/aromatic N) is 2. The Morgan fingerprint density at radius 2 is 1.30 bits per heavy atom. The third-order valence-corrected chi connectivity index (χ3v) is 3.96. The van der Waals surface area contributed by atoms with Gasteiger partial charge in [-0.25, -0.2) is 0 Å². The van der Waals surface area contributed by atoms with Gasteiger partial charge < -0.3 is 9.80 Å². The number of ketones is 1. The molecule has 0 atom stereocenters. The molecule has 102 valence electrons. The number of benzene rings is 1. The highest BCUT2D eigenvalue weighted by Gasteiger charge is 2.28. The number of rotatable bonds is 0. The van der Waals surface area contributed by atoms with E-state index in [0.29, 0.717) is 0 Å². The molecule has 0 fully saturated rings. The summed E-state index contributed by atoms with van der Waals surface area (Å²) in [5.41, 5.74) is 5.05. The lowest BCUT2D eigenvalue weighted by Crippen LogP contribution is -2.24. The molecule has 0 N–H and O–H groups in total. The Kier molecular flexibility index (Phi) is 2.78. The van der Waals surface area contributed by atoms with Crippen molar-refractivity contribution in [3.05, 3.63) is 59.0 Å². The Morgan fingerprint density at radius 1 is 0.850 bits per heavy atom. The molecule has 1 aromatic carbocycles. The summed E-state index contributed by atoms with van der Waals surface area (Å²) in [6.07, 6.45) is 3.95.